The molecule has 1 atom stereocenters. The van der Waals surface area contributed by atoms with Gasteiger partial charge in [-0.15, -0.1) is 0 Å². The molecule has 1 aliphatic rings. The van der Waals surface area contributed by atoms with Gasteiger partial charge in [0.1, 0.15) is 0 Å². The van der Waals surface area contributed by atoms with Gasteiger partial charge in [-0.3, -0.25) is 4.79 Å². The zero-order chi connectivity index (χ0) is 14.0. The first-order valence-electron chi connectivity index (χ1n) is 6.07. The van der Waals surface area contributed by atoms with Gasteiger partial charge in [0, 0.05) is 5.92 Å². The van der Waals surface area contributed by atoms with Gasteiger partial charge in [0.15, 0.2) is 0 Å². The number of hydrogen-bond donors (Lipinski definition) is 2. The molecule has 0 spiro atoms. The second-order valence-electron chi connectivity index (χ2n) is 4.74. The van der Waals surface area contributed by atoms with Gasteiger partial charge in [0.25, 0.3) is 0 Å². The van der Waals surface area contributed by atoms with Crippen LogP contribution in [0.3, 0.4) is 0 Å². The highest BCUT2D eigenvalue weighted by molar-refractivity contribution is 5.93. The molecule has 2 rings (SSSR count). The molecule has 0 aliphatic carbocycles. The van der Waals surface area contributed by atoms with Crippen LogP contribution in [0.4, 0.5) is 18.9 Å². The van der Waals surface area contributed by atoms with E-state index in [1.54, 1.807) is 6.92 Å². The van der Waals surface area contributed by atoms with E-state index in [4.69, 9.17) is 0 Å². The number of carbonyl (C=O) groups is 1. The Hall–Kier alpha value is -1.56. The molecule has 3 nitrogen and oxygen atoms in total. The van der Waals surface area contributed by atoms with Crippen LogP contribution in [0.15, 0.2) is 24.3 Å². The van der Waals surface area contributed by atoms with Crippen molar-refractivity contribution in [2.45, 2.75) is 13.1 Å². The Morgan fingerprint density at radius 2 is 2.00 bits per heavy atom. The monoisotopic (exact) mass is 272 g/mol. The summed E-state index contributed by atoms with van der Waals surface area (Å²) in [7, 11) is 0. The Balaban J connectivity index is 2.12. The fourth-order valence-electron chi connectivity index (χ4n) is 1.96. The molecular weight excluding hydrogens is 257 g/mol. The van der Waals surface area contributed by atoms with Crippen molar-refractivity contribution < 1.29 is 18.0 Å². The highest BCUT2D eigenvalue weighted by atomic mass is 19.4. The molecule has 1 aromatic rings. The summed E-state index contributed by atoms with van der Waals surface area (Å²) >= 11 is 0. The molecule has 1 saturated heterocycles. The molecule has 0 radical (unpaired) electrons. The van der Waals surface area contributed by atoms with Crippen molar-refractivity contribution in [1.29, 1.82) is 0 Å². The van der Waals surface area contributed by atoms with Gasteiger partial charge in [-0.1, -0.05) is 19.1 Å². The first-order valence-corrected chi connectivity index (χ1v) is 6.07. The van der Waals surface area contributed by atoms with Crippen molar-refractivity contribution in [3.8, 4) is 0 Å². The topological polar surface area (TPSA) is 41.1 Å². The van der Waals surface area contributed by atoms with Crippen LogP contribution in [0.25, 0.3) is 0 Å². The van der Waals surface area contributed by atoms with E-state index in [0.29, 0.717) is 0 Å². The Morgan fingerprint density at radius 1 is 1.37 bits per heavy atom. The van der Waals surface area contributed by atoms with Crippen LogP contribution >= 0.6 is 0 Å². The smallest absolute Gasteiger partial charge is 0.325 e. The van der Waals surface area contributed by atoms with Crippen LogP contribution in [-0.4, -0.2) is 19.0 Å². The van der Waals surface area contributed by atoms with Crippen molar-refractivity contribution in [2.75, 3.05) is 18.4 Å². The van der Waals surface area contributed by atoms with Crippen molar-refractivity contribution in [3.63, 3.8) is 0 Å². The number of rotatable bonds is 3. The third-order valence-electron chi connectivity index (χ3n) is 3.42. The molecule has 6 heteroatoms. The number of amides is 1. The Morgan fingerprint density at radius 3 is 2.53 bits per heavy atom. The lowest BCUT2D eigenvalue weighted by Crippen LogP contribution is -2.48. The quantitative estimate of drug-likeness (QED) is 0.887. The maximum absolute atomic E-state index is 12.8. The van der Waals surface area contributed by atoms with Gasteiger partial charge in [-0.25, -0.2) is 0 Å². The molecule has 1 aliphatic heterocycles. The lowest BCUT2D eigenvalue weighted by Gasteiger charge is -2.31. The molecule has 1 fully saturated rings. The predicted molar refractivity (Wildman–Crippen MR) is 65.6 cm³/mol. The average Bonchev–Trinajstić information content (AvgIpc) is 2.25. The van der Waals surface area contributed by atoms with Crippen molar-refractivity contribution in [3.05, 3.63) is 29.8 Å². The second kappa shape index (κ2) is 5.21. The number of hydrogen-bond acceptors (Lipinski definition) is 2. The van der Waals surface area contributed by atoms with Gasteiger partial charge in [-0.2, -0.15) is 13.2 Å². The van der Waals surface area contributed by atoms with E-state index in [-0.39, 0.29) is 23.4 Å². The zero-order valence-corrected chi connectivity index (χ0v) is 10.4. The number of para-hydroxylation sites is 1. The molecule has 19 heavy (non-hydrogen) atoms. The van der Waals surface area contributed by atoms with E-state index < -0.39 is 11.7 Å². The van der Waals surface area contributed by atoms with Crippen LogP contribution in [0.5, 0.6) is 0 Å². The van der Waals surface area contributed by atoms with Crippen molar-refractivity contribution >= 4 is 11.6 Å². The maximum atomic E-state index is 12.8. The summed E-state index contributed by atoms with van der Waals surface area (Å²) in [6.45, 7) is 3.20. The van der Waals surface area contributed by atoms with Gasteiger partial charge in [-0.05, 0) is 31.1 Å². The number of halogens is 3. The number of nitrogens with one attached hydrogen (secondary N) is 2. The molecule has 1 amide bonds. The first-order chi connectivity index (χ1) is 8.89. The summed E-state index contributed by atoms with van der Waals surface area (Å²) in [5.41, 5.74) is -0.999. The molecule has 1 heterocycles. The summed E-state index contributed by atoms with van der Waals surface area (Å²) < 4.78 is 38.3. The average molecular weight is 272 g/mol. The standard InChI is InChI=1S/C13H15F3N2O/c1-8(9-6-17-7-9)12(19)18-11-5-3-2-4-10(11)13(14,15)16/h2-5,8-9,17H,6-7H2,1H3,(H,18,19). The minimum absolute atomic E-state index is 0.181. The molecule has 1 unspecified atom stereocenters. The summed E-state index contributed by atoms with van der Waals surface area (Å²) in [6.07, 6.45) is -4.47. The molecular formula is C13H15F3N2O. The SMILES string of the molecule is CC(C(=O)Nc1ccccc1C(F)(F)F)C1CNC1. The Bertz CT molecular complexity index is 469. The van der Waals surface area contributed by atoms with Gasteiger partial charge < -0.3 is 10.6 Å². The lowest BCUT2D eigenvalue weighted by atomic mass is 9.88. The first kappa shape index (κ1) is 13.9. The minimum atomic E-state index is -4.47. The molecule has 0 saturated carbocycles. The molecule has 1 aromatic carbocycles. The van der Waals surface area contributed by atoms with E-state index in [2.05, 4.69) is 10.6 Å². The third kappa shape index (κ3) is 3.07. The van der Waals surface area contributed by atoms with Gasteiger partial charge in [0.05, 0.1) is 11.3 Å². The van der Waals surface area contributed by atoms with Gasteiger partial charge >= 0.3 is 6.18 Å². The van der Waals surface area contributed by atoms with Crippen LogP contribution < -0.4 is 10.6 Å². The van der Waals surface area contributed by atoms with Crippen LogP contribution in [0, 0.1) is 11.8 Å². The second-order valence-corrected chi connectivity index (χ2v) is 4.74. The summed E-state index contributed by atoms with van der Waals surface area (Å²) in [5, 5.41) is 5.42. The van der Waals surface area contributed by atoms with E-state index in [9.17, 15) is 18.0 Å². The summed E-state index contributed by atoms with van der Waals surface area (Å²) in [5.74, 6) is -0.483. The zero-order valence-electron chi connectivity index (χ0n) is 10.4. The number of benzene rings is 1. The summed E-state index contributed by atoms with van der Waals surface area (Å²) in [4.78, 5) is 11.9. The molecule has 2 N–H and O–H groups in total. The largest absolute Gasteiger partial charge is 0.418 e. The normalized spacial score (nSPS) is 17.7. The highest BCUT2D eigenvalue weighted by Crippen LogP contribution is 2.34. The van der Waals surface area contributed by atoms with E-state index >= 15 is 0 Å². The Kier molecular flexibility index (Phi) is 3.80. The fourth-order valence-corrected chi connectivity index (χ4v) is 1.96. The predicted octanol–water partition coefficient (Wildman–Crippen LogP) is 2.50. The van der Waals surface area contributed by atoms with Crippen molar-refractivity contribution in [1.82, 2.24) is 5.32 Å². The van der Waals surface area contributed by atoms with E-state index in [0.717, 1.165) is 19.2 Å². The highest BCUT2D eigenvalue weighted by Gasteiger charge is 2.35. The number of anilines is 1. The van der Waals surface area contributed by atoms with Crippen LogP contribution in [0.1, 0.15) is 12.5 Å². The number of alkyl halides is 3. The van der Waals surface area contributed by atoms with E-state index in [1.807, 2.05) is 0 Å². The third-order valence-corrected chi connectivity index (χ3v) is 3.42. The van der Waals surface area contributed by atoms with Crippen LogP contribution in [0.2, 0.25) is 0 Å². The molecule has 0 aromatic heterocycles. The van der Waals surface area contributed by atoms with Crippen LogP contribution in [-0.2, 0) is 11.0 Å². The Labute approximate surface area is 109 Å². The number of carbonyl (C=O) groups excluding carboxylic acids is 1. The lowest BCUT2D eigenvalue weighted by molar-refractivity contribution is -0.137. The minimum Gasteiger partial charge on any atom is -0.325 e. The van der Waals surface area contributed by atoms with E-state index in [1.165, 1.54) is 18.2 Å². The fraction of sp³-hybridized carbons (Fsp3) is 0.462. The van der Waals surface area contributed by atoms with Gasteiger partial charge in [0.2, 0.25) is 5.91 Å². The summed E-state index contributed by atoms with van der Waals surface area (Å²) in [6, 6.07) is 5.01. The molecule has 104 valence electrons. The maximum Gasteiger partial charge on any atom is 0.418 e. The van der Waals surface area contributed by atoms with Crippen molar-refractivity contribution in [2.24, 2.45) is 11.8 Å². The molecule has 0 bridgehead atoms.